The maximum atomic E-state index is 6.21. The van der Waals surface area contributed by atoms with Gasteiger partial charge in [-0.15, -0.1) is 23.5 Å². The lowest BCUT2D eigenvalue weighted by Gasteiger charge is -2.18. The standard InChI is InChI=1S/C25H26O2S2/c1-3-11-20-12-10-17-23(26-2)25(20)27-19-18-24(28-21-13-6-4-7-14-21)29-22-15-8-5-9-16-22/h3-17,24H,18-19H2,1-2H3/b11-3+. The first-order valence-corrected chi connectivity index (χ1v) is 11.4. The summed E-state index contributed by atoms with van der Waals surface area (Å²) in [6, 6.07) is 27.1. The van der Waals surface area contributed by atoms with E-state index in [1.165, 1.54) is 9.79 Å². The fourth-order valence-electron chi connectivity index (χ4n) is 2.86. The molecule has 0 spiro atoms. The Morgan fingerprint density at radius 2 is 1.45 bits per heavy atom. The van der Waals surface area contributed by atoms with E-state index in [1.807, 2.05) is 60.8 Å². The molecule has 0 aliphatic carbocycles. The summed E-state index contributed by atoms with van der Waals surface area (Å²) in [5.74, 6) is 1.57. The lowest BCUT2D eigenvalue weighted by Crippen LogP contribution is -2.07. The van der Waals surface area contributed by atoms with Crippen molar-refractivity contribution in [2.45, 2.75) is 27.7 Å². The zero-order chi connectivity index (χ0) is 20.3. The first kappa shape index (κ1) is 21.4. The van der Waals surface area contributed by atoms with E-state index in [4.69, 9.17) is 9.47 Å². The molecule has 0 N–H and O–H groups in total. The normalized spacial score (nSPS) is 11.1. The van der Waals surface area contributed by atoms with Crippen molar-refractivity contribution >= 4 is 29.6 Å². The Hall–Kier alpha value is -2.30. The number of hydrogen-bond donors (Lipinski definition) is 0. The van der Waals surface area contributed by atoms with Gasteiger partial charge in [-0.25, -0.2) is 0 Å². The summed E-state index contributed by atoms with van der Waals surface area (Å²) in [5.41, 5.74) is 1.04. The fourth-order valence-corrected chi connectivity index (χ4v) is 5.38. The Balaban J connectivity index is 1.70. The highest BCUT2D eigenvalue weighted by molar-refractivity contribution is 8.17. The van der Waals surface area contributed by atoms with Crippen LogP contribution in [0.5, 0.6) is 11.5 Å². The van der Waals surface area contributed by atoms with Gasteiger partial charge in [0.25, 0.3) is 0 Å². The van der Waals surface area contributed by atoms with Crippen LogP contribution in [0.15, 0.2) is 94.7 Å². The fraction of sp³-hybridized carbons (Fsp3) is 0.200. The second kappa shape index (κ2) is 11.6. The van der Waals surface area contributed by atoms with E-state index in [1.54, 1.807) is 7.11 Å². The van der Waals surface area contributed by atoms with Crippen LogP contribution in [0.1, 0.15) is 18.9 Å². The van der Waals surface area contributed by atoms with Crippen LogP contribution in [-0.2, 0) is 0 Å². The maximum Gasteiger partial charge on any atom is 0.168 e. The summed E-state index contributed by atoms with van der Waals surface area (Å²) in [4.78, 5) is 2.54. The van der Waals surface area contributed by atoms with Crippen molar-refractivity contribution in [2.75, 3.05) is 13.7 Å². The van der Waals surface area contributed by atoms with Gasteiger partial charge in [0.2, 0.25) is 0 Å². The van der Waals surface area contributed by atoms with Crippen molar-refractivity contribution in [3.05, 3.63) is 90.5 Å². The minimum absolute atomic E-state index is 0.347. The highest BCUT2D eigenvalue weighted by Gasteiger charge is 2.15. The number of benzene rings is 3. The van der Waals surface area contributed by atoms with Crippen LogP contribution < -0.4 is 9.47 Å². The number of para-hydroxylation sites is 1. The zero-order valence-electron chi connectivity index (χ0n) is 16.8. The minimum atomic E-state index is 0.347. The Morgan fingerprint density at radius 1 is 0.828 bits per heavy atom. The van der Waals surface area contributed by atoms with Gasteiger partial charge in [0.15, 0.2) is 11.5 Å². The van der Waals surface area contributed by atoms with E-state index in [-0.39, 0.29) is 0 Å². The molecular weight excluding hydrogens is 396 g/mol. The van der Waals surface area contributed by atoms with Crippen molar-refractivity contribution in [3.8, 4) is 11.5 Å². The molecule has 0 heterocycles. The van der Waals surface area contributed by atoms with Crippen molar-refractivity contribution in [2.24, 2.45) is 0 Å². The second-order valence-electron chi connectivity index (χ2n) is 6.31. The summed E-state index contributed by atoms with van der Waals surface area (Å²) < 4.78 is 12.1. The number of ether oxygens (including phenoxy) is 2. The van der Waals surface area contributed by atoms with Crippen molar-refractivity contribution < 1.29 is 9.47 Å². The first-order chi connectivity index (χ1) is 14.3. The summed E-state index contributed by atoms with van der Waals surface area (Å²) >= 11 is 3.76. The molecule has 0 fully saturated rings. The third kappa shape index (κ3) is 6.62. The lowest BCUT2D eigenvalue weighted by molar-refractivity contribution is 0.293. The average Bonchev–Trinajstić information content (AvgIpc) is 2.76. The third-order valence-corrected chi connectivity index (χ3v) is 6.86. The van der Waals surface area contributed by atoms with E-state index in [0.717, 1.165) is 23.5 Å². The van der Waals surface area contributed by atoms with E-state index in [9.17, 15) is 0 Å². The van der Waals surface area contributed by atoms with Crippen molar-refractivity contribution in [3.63, 3.8) is 0 Å². The van der Waals surface area contributed by atoms with Gasteiger partial charge in [0, 0.05) is 21.8 Å². The largest absolute Gasteiger partial charge is 0.493 e. The molecule has 0 aromatic heterocycles. The number of allylic oxidation sites excluding steroid dienone is 1. The van der Waals surface area contributed by atoms with Gasteiger partial charge in [-0.05, 0) is 37.3 Å². The van der Waals surface area contributed by atoms with Crippen molar-refractivity contribution in [1.82, 2.24) is 0 Å². The van der Waals surface area contributed by atoms with Crippen LogP contribution in [0.4, 0.5) is 0 Å². The average molecular weight is 423 g/mol. The molecule has 150 valence electrons. The van der Waals surface area contributed by atoms with E-state index < -0.39 is 0 Å². The Kier molecular flexibility index (Phi) is 8.59. The Labute approximate surface area is 182 Å². The lowest BCUT2D eigenvalue weighted by atomic mass is 10.1. The van der Waals surface area contributed by atoms with Gasteiger partial charge in [-0.1, -0.05) is 60.7 Å². The van der Waals surface area contributed by atoms with Crippen LogP contribution in [0.2, 0.25) is 0 Å². The summed E-state index contributed by atoms with van der Waals surface area (Å²) in [7, 11) is 1.68. The molecule has 0 aliphatic rings. The monoisotopic (exact) mass is 422 g/mol. The first-order valence-electron chi connectivity index (χ1n) is 9.66. The summed E-state index contributed by atoms with van der Waals surface area (Å²) in [6.45, 7) is 2.63. The molecule has 4 heteroatoms. The molecule has 0 aliphatic heterocycles. The molecule has 0 saturated carbocycles. The van der Waals surface area contributed by atoms with Crippen LogP contribution in [0.25, 0.3) is 6.08 Å². The van der Waals surface area contributed by atoms with E-state index in [0.29, 0.717) is 11.2 Å². The predicted molar refractivity (Wildman–Crippen MR) is 126 cm³/mol. The molecule has 0 amide bonds. The number of methoxy groups -OCH3 is 1. The van der Waals surface area contributed by atoms with Gasteiger partial charge in [0.05, 0.1) is 18.3 Å². The second-order valence-corrected chi connectivity index (χ2v) is 9.16. The summed E-state index contributed by atoms with van der Waals surface area (Å²) in [5, 5.41) is 0. The topological polar surface area (TPSA) is 18.5 Å². The quantitative estimate of drug-likeness (QED) is 0.250. The van der Waals surface area contributed by atoms with E-state index >= 15 is 0 Å². The number of hydrogen-bond acceptors (Lipinski definition) is 4. The highest BCUT2D eigenvalue weighted by atomic mass is 32.2. The maximum absolute atomic E-state index is 6.21. The third-order valence-electron chi connectivity index (χ3n) is 4.20. The molecule has 0 saturated heterocycles. The van der Waals surface area contributed by atoms with Crippen LogP contribution >= 0.6 is 23.5 Å². The molecule has 29 heavy (non-hydrogen) atoms. The smallest absolute Gasteiger partial charge is 0.168 e. The van der Waals surface area contributed by atoms with Crippen molar-refractivity contribution in [1.29, 1.82) is 0 Å². The van der Waals surface area contributed by atoms with E-state index in [2.05, 4.69) is 60.7 Å². The van der Waals surface area contributed by atoms with Gasteiger partial charge < -0.3 is 9.47 Å². The van der Waals surface area contributed by atoms with Gasteiger partial charge >= 0.3 is 0 Å². The summed E-state index contributed by atoms with van der Waals surface area (Å²) in [6.07, 6.45) is 4.97. The molecule has 3 aromatic carbocycles. The molecule has 3 aromatic rings. The van der Waals surface area contributed by atoms with Crippen LogP contribution in [-0.4, -0.2) is 18.3 Å². The van der Waals surface area contributed by atoms with Gasteiger partial charge in [-0.2, -0.15) is 0 Å². The van der Waals surface area contributed by atoms with Gasteiger partial charge in [0.1, 0.15) is 0 Å². The van der Waals surface area contributed by atoms with Crippen LogP contribution in [0, 0.1) is 0 Å². The molecule has 3 rings (SSSR count). The molecule has 0 atom stereocenters. The molecule has 2 nitrogen and oxygen atoms in total. The number of thioether (sulfide) groups is 2. The SMILES string of the molecule is C/C=C/c1cccc(OC)c1OCCC(Sc1ccccc1)Sc1ccccc1. The Bertz CT molecular complexity index is 854. The minimum Gasteiger partial charge on any atom is -0.493 e. The highest BCUT2D eigenvalue weighted by Crippen LogP contribution is 2.38. The molecular formula is C25H26O2S2. The zero-order valence-corrected chi connectivity index (χ0v) is 18.4. The van der Waals surface area contributed by atoms with Crippen LogP contribution in [0.3, 0.4) is 0 Å². The molecule has 0 bridgehead atoms. The number of rotatable bonds is 10. The van der Waals surface area contributed by atoms with Gasteiger partial charge in [-0.3, -0.25) is 0 Å². The molecule has 0 unspecified atom stereocenters. The predicted octanol–water partition coefficient (Wildman–Crippen LogP) is 7.41. The molecule has 0 radical (unpaired) electrons. The Morgan fingerprint density at radius 3 is 2.00 bits per heavy atom.